The molecule has 0 radical (unpaired) electrons. The number of carbonyl (C=O) groups excluding carboxylic acids is 4. The Morgan fingerprint density at radius 2 is 0.777 bits per heavy atom. The molecule has 0 heterocycles. The van der Waals surface area contributed by atoms with Crippen molar-refractivity contribution in [2.24, 2.45) is 35.5 Å². The Morgan fingerprint density at radius 1 is 0.447 bits per heavy atom. The second-order valence-corrected chi connectivity index (χ2v) is 28.0. The zero-order valence-corrected chi connectivity index (χ0v) is 57.5. The third-order valence-electron chi connectivity index (χ3n) is 20.9. The molecule has 0 bridgehead atoms. The number of esters is 4. The largest absolute Gasteiger partial charge is 0.491 e. The van der Waals surface area contributed by atoms with Crippen LogP contribution < -0.4 is 9.47 Å². The molecule has 2 atom stereocenters. The lowest BCUT2D eigenvalue weighted by molar-refractivity contribution is -0.138. The second kappa shape index (κ2) is 38.5. The Morgan fingerprint density at radius 3 is 1.12 bits per heavy atom. The van der Waals surface area contributed by atoms with Crippen LogP contribution in [-0.2, 0) is 28.5 Å². The van der Waals surface area contributed by atoms with Gasteiger partial charge in [0.25, 0.3) is 0 Å². The van der Waals surface area contributed by atoms with Gasteiger partial charge in [0.05, 0.1) is 36.5 Å². The van der Waals surface area contributed by atoms with Crippen molar-refractivity contribution in [2.45, 2.75) is 257 Å². The fraction of sp³-hybridized carbons (Fsp3) is 0.571. The topological polar surface area (TPSA) is 124 Å². The Balaban J connectivity index is 0.883. The molecule has 0 aromatic heterocycles. The molecule has 4 aliphatic carbocycles. The summed E-state index contributed by atoms with van der Waals surface area (Å²) >= 11 is 0. The molecule has 506 valence electrons. The van der Waals surface area contributed by atoms with Gasteiger partial charge < -0.3 is 28.4 Å². The van der Waals surface area contributed by atoms with Crippen molar-refractivity contribution in [1.29, 1.82) is 0 Å². The molecule has 0 amide bonds. The summed E-state index contributed by atoms with van der Waals surface area (Å²) in [5.74, 6) is 18.5. The standard InChI is InChI=1S/C84H110O10/c1-7-21-65-25-33-71(34-26-65)73-51-57-83(58-52-73,93-81(87)75-41-45-77(46-42-75)91-63(5)23-17-13-11-15-19-61-89-79(85)9-3)55-49-67-29-37-69(38-30-67)70-39-31-68(32-40-70)50-56-84(59-53-74(54-60-84)72-35-27-66(22-8-2)28-36-72)94-82(88)76-43-47-78(48-44-76)92-64(6)24-18-14-12-16-20-62-90-80(86)10-4/h9-10,29-32,37-48,63-66,71-74H,3-4,7-8,11-28,33-36,51-54,57-62H2,1-2,5-6H3. The third kappa shape index (κ3) is 23.7. The van der Waals surface area contributed by atoms with Crippen LogP contribution in [0.1, 0.15) is 265 Å². The number of benzene rings is 4. The predicted octanol–water partition coefficient (Wildman–Crippen LogP) is 20.5. The molecule has 10 heteroatoms. The highest BCUT2D eigenvalue weighted by Crippen LogP contribution is 2.46. The molecular weight excluding hydrogens is 1170 g/mol. The molecule has 8 rings (SSSR count). The first-order chi connectivity index (χ1) is 45.8. The van der Waals surface area contributed by atoms with Gasteiger partial charge in [-0.25, -0.2) is 19.2 Å². The van der Waals surface area contributed by atoms with Gasteiger partial charge in [-0.05, 0) is 261 Å². The van der Waals surface area contributed by atoms with E-state index in [1.165, 1.54) is 89.2 Å². The molecule has 0 saturated heterocycles. The minimum absolute atomic E-state index is 0.0311. The Labute approximate surface area is 564 Å². The Hall–Kier alpha value is -7.04. The minimum Gasteiger partial charge on any atom is -0.491 e. The monoisotopic (exact) mass is 1280 g/mol. The van der Waals surface area contributed by atoms with Gasteiger partial charge in [0, 0.05) is 23.3 Å². The fourth-order valence-corrected chi connectivity index (χ4v) is 15.2. The van der Waals surface area contributed by atoms with Crippen LogP contribution in [-0.4, -0.2) is 60.5 Å². The summed E-state index contributed by atoms with van der Waals surface area (Å²) in [6, 6.07) is 31.4. The van der Waals surface area contributed by atoms with E-state index in [-0.39, 0.29) is 36.1 Å². The molecule has 10 nitrogen and oxygen atoms in total. The van der Waals surface area contributed by atoms with Crippen molar-refractivity contribution in [3.8, 4) is 46.3 Å². The van der Waals surface area contributed by atoms with Gasteiger partial charge in [-0.2, -0.15) is 0 Å². The number of hydrogen-bond donors (Lipinski definition) is 0. The summed E-state index contributed by atoms with van der Waals surface area (Å²) < 4.78 is 35.8. The first-order valence-corrected chi connectivity index (χ1v) is 36.6. The fourth-order valence-electron chi connectivity index (χ4n) is 15.2. The highest BCUT2D eigenvalue weighted by Gasteiger charge is 2.42. The van der Waals surface area contributed by atoms with Crippen molar-refractivity contribution in [1.82, 2.24) is 0 Å². The molecule has 4 aromatic rings. The smallest absolute Gasteiger partial charge is 0.339 e. The normalized spacial score (nSPS) is 23.3. The summed E-state index contributed by atoms with van der Waals surface area (Å²) in [4.78, 5) is 50.7. The molecule has 0 spiro atoms. The van der Waals surface area contributed by atoms with Gasteiger partial charge >= 0.3 is 23.9 Å². The number of ether oxygens (including phenoxy) is 6. The number of unbranched alkanes of at least 4 members (excludes halogenated alkanes) is 8. The van der Waals surface area contributed by atoms with Crippen LogP contribution in [0.25, 0.3) is 11.1 Å². The van der Waals surface area contributed by atoms with Gasteiger partial charge in [0.1, 0.15) is 11.5 Å². The lowest BCUT2D eigenvalue weighted by atomic mass is 9.67. The predicted molar refractivity (Wildman–Crippen MR) is 377 cm³/mol. The maximum atomic E-state index is 14.1. The lowest BCUT2D eigenvalue weighted by Gasteiger charge is -2.41. The molecule has 94 heavy (non-hydrogen) atoms. The van der Waals surface area contributed by atoms with E-state index < -0.39 is 11.2 Å². The molecule has 4 fully saturated rings. The van der Waals surface area contributed by atoms with Crippen LogP contribution >= 0.6 is 0 Å². The van der Waals surface area contributed by atoms with Crippen molar-refractivity contribution in [3.05, 3.63) is 145 Å². The van der Waals surface area contributed by atoms with Crippen LogP contribution in [0.4, 0.5) is 0 Å². The zero-order valence-electron chi connectivity index (χ0n) is 57.5. The SMILES string of the molecule is C=CC(=O)OCCCCCCCC(C)Oc1ccc(C(=O)OC2(C#Cc3ccc(-c4ccc(C#CC5(OC(=O)c6ccc(OC(C)CCCCCCCOC(=O)C=C)cc6)CCC(C6CCC(CCC)CC6)CC5)cc4)cc3)CCC(C3CCC(CCC)CC3)CC2)cc1. The molecule has 4 aliphatic rings. The van der Waals surface area contributed by atoms with Gasteiger partial charge in [0.15, 0.2) is 11.2 Å². The maximum absolute atomic E-state index is 14.1. The molecule has 0 aliphatic heterocycles. The molecule has 2 unspecified atom stereocenters. The molecule has 4 aromatic carbocycles. The van der Waals surface area contributed by atoms with Crippen molar-refractivity contribution < 1.29 is 47.6 Å². The average molecular weight is 1280 g/mol. The summed E-state index contributed by atoms with van der Waals surface area (Å²) in [7, 11) is 0. The zero-order chi connectivity index (χ0) is 66.4. The second-order valence-electron chi connectivity index (χ2n) is 28.0. The lowest BCUT2D eigenvalue weighted by Crippen LogP contribution is -2.39. The van der Waals surface area contributed by atoms with Crippen molar-refractivity contribution in [2.75, 3.05) is 13.2 Å². The van der Waals surface area contributed by atoms with E-state index in [4.69, 9.17) is 28.4 Å². The third-order valence-corrected chi connectivity index (χ3v) is 20.9. The molecular formula is C84H110O10. The first-order valence-electron chi connectivity index (χ1n) is 36.6. The first kappa shape index (κ1) is 72.8. The van der Waals surface area contributed by atoms with E-state index in [9.17, 15) is 19.2 Å². The molecule has 0 N–H and O–H groups in total. The highest BCUT2D eigenvalue weighted by molar-refractivity contribution is 5.90. The quantitative estimate of drug-likeness (QED) is 0.0150. The van der Waals surface area contributed by atoms with Crippen LogP contribution in [0, 0.1) is 59.2 Å². The Bertz CT molecular complexity index is 2880. The van der Waals surface area contributed by atoms with Crippen LogP contribution in [0.2, 0.25) is 0 Å². The number of carbonyl (C=O) groups is 4. The van der Waals surface area contributed by atoms with Crippen LogP contribution in [0.3, 0.4) is 0 Å². The summed E-state index contributed by atoms with van der Waals surface area (Å²) in [6.45, 7) is 16.5. The molecule has 4 saturated carbocycles. The van der Waals surface area contributed by atoms with Gasteiger partial charge in [-0.1, -0.05) is 153 Å². The van der Waals surface area contributed by atoms with E-state index in [0.717, 1.165) is 186 Å². The van der Waals surface area contributed by atoms with Gasteiger partial charge in [0.2, 0.25) is 0 Å². The van der Waals surface area contributed by atoms with E-state index in [1.807, 2.05) is 48.5 Å². The van der Waals surface area contributed by atoms with Crippen molar-refractivity contribution >= 4 is 23.9 Å². The summed E-state index contributed by atoms with van der Waals surface area (Å²) in [5.41, 5.74) is 3.08. The maximum Gasteiger partial charge on any atom is 0.339 e. The Kier molecular flexibility index (Phi) is 29.8. The number of hydrogen-bond acceptors (Lipinski definition) is 10. The van der Waals surface area contributed by atoms with Crippen LogP contribution in [0.15, 0.2) is 122 Å². The number of rotatable bonds is 33. The summed E-state index contributed by atoms with van der Waals surface area (Å²) in [6.07, 6.45) is 37.1. The minimum atomic E-state index is -0.887. The van der Waals surface area contributed by atoms with Crippen LogP contribution in [0.5, 0.6) is 11.5 Å². The van der Waals surface area contributed by atoms with E-state index >= 15 is 0 Å². The van der Waals surface area contributed by atoms with Gasteiger partial charge in [-0.3, -0.25) is 0 Å². The summed E-state index contributed by atoms with van der Waals surface area (Å²) in [5, 5.41) is 0. The van der Waals surface area contributed by atoms with E-state index in [0.29, 0.717) is 36.2 Å². The van der Waals surface area contributed by atoms with Gasteiger partial charge in [-0.15, -0.1) is 0 Å². The van der Waals surface area contributed by atoms with Crippen molar-refractivity contribution in [3.63, 3.8) is 0 Å². The van der Waals surface area contributed by atoms with E-state index in [2.05, 4.69) is 113 Å². The highest BCUT2D eigenvalue weighted by atomic mass is 16.6. The van der Waals surface area contributed by atoms with E-state index in [1.54, 1.807) is 0 Å². The average Bonchev–Trinajstić information content (AvgIpc) is 0.849.